The molecule has 1 aliphatic heterocycles. The van der Waals surface area contributed by atoms with E-state index in [0.717, 1.165) is 16.9 Å². The van der Waals surface area contributed by atoms with E-state index >= 15 is 0 Å². The second-order valence-corrected chi connectivity index (χ2v) is 5.82. The predicted molar refractivity (Wildman–Crippen MR) is 80.6 cm³/mol. The van der Waals surface area contributed by atoms with Crippen LogP contribution in [0, 0.1) is 11.8 Å². The Balaban J connectivity index is 1.98. The molecule has 21 heavy (non-hydrogen) atoms. The lowest BCUT2D eigenvalue weighted by atomic mass is 10.2. The third-order valence-electron chi connectivity index (χ3n) is 3.16. The highest BCUT2D eigenvalue weighted by molar-refractivity contribution is 7.10. The van der Waals surface area contributed by atoms with Gasteiger partial charge in [-0.2, -0.15) is 0 Å². The maximum atomic E-state index is 12.1. The minimum atomic E-state index is -0.169. The molecule has 1 aromatic rings. The maximum Gasteiger partial charge on any atom is 0.242 e. The van der Waals surface area contributed by atoms with E-state index in [0.29, 0.717) is 13.1 Å². The molecule has 2 rings (SSSR count). The fourth-order valence-electron chi connectivity index (χ4n) is 2.18. The van der Waals surface area contributed by atoms with Crippen LogP contribution in [0.3, 0.4) is 0 Å². The van der Waals surface area contributed by atoms with Crippen molar-refractivity contribution < 1.29 is 14.7 Å². The zero-order valence-electron chi connectivity index (χ0n) is 12.0. The average molecular weight is 306 g/mol. The van der Waals surface area contributed by atoms with Gasteiger partial charge in [-0.25, -0.2) is 0 Å². The summed E-state index contributed by atoms with van der Waals surface area (Å²) in [5.74, 6) is 5.41. The second-order valence-electron chi connectivity index (χ2n) is 4.83. The molecule has 1 aromatic heterocycles. The van der Waals surface area contributed by atoms with Crippen LogP contribution in [0.15, 0.2) is 11.4 Å². The molecule has 0 saturated carbocycles. The third-order valence-corrected chi connectivity index (χ3v) is 4.08. The molecule has 0 radical (unpaired) electrons. The van der Waals surface area contributed by atoms with E-state index in [-0.39, 0.29) is 31.5 Å². The largest absolute Gasteiger partial charge is 0.384 e. The quantitative estimate of drug-likeness (QED) is 0.832. The van der Waals surface area contributed by atoms with Gasteiger partial charge in [0, 0.05) is 22.4 Å². The van der Waals surface area contributed by atoms with Crippen molar-refractivity contribution in [1.29, 1.82) is 0 Å². The number of thiophene rings is 1. The Morgan fingerprint density at radius 2 is 2.00 bits per heavy atom. The Bertz CT molecular complexity index is 585. The molecule has 0 spiro atoms. The molecule has 0 aromatic carbocycles. The van der Waals surface area contributed by atoms with Crippen LogP contribution < -0.4 is 0 Å². The van der Waals surface area contributed by atoms with Crippen molar-refractivity contribution in [2.75, 3.05) is 26.2 Å². The van der Waals surface area contributed by atoms with Crippen LogP contribution in [0.25, 0.3) is 0 Å². The number of carbonyl (C=O) groups excluding carboxylic acids is 2. The lowest BCUT2D eigenvalue weighted by Gasteiger charge is -2.33. The summed E-state index contributed by atoms with van der Waals surface area (Å²) in [5.41, 5.74) is 0.826. The number of hydrogen-bond donors (Lipinski definition) is 1. The first kappa shape index (κ1) is 15.5. The van der Waals surface area contributed by atoms with E-state index in [9.17, 15) is 9.59 Å². The average Bonchev–Trinajstić information content (AvgIpc) is 2.90. The molecule has 0 bridgehead atoms. The molecule has 1 aliphatic rings. The molecule has 0 aliphatic carbocycles. The smallest absolute Gasteiger partial charge is 0.242 e. The van der Waals surface area contributed by atoms with Crippen molar-refractivity contribution in [2.24, 2.45) is 0 Å². The summed E-state index contributed by atoms with van der Waals surface area (Å²) in [6.07, 6.45) is 0.858. The highest BCUT2D eigenvalue weighted by Gasteiger charge is 2.29. The first-order valence-electron chi connectivity index (χ1n) is 6.86. The van der Waals surface area contributed by atoms with Crippen molar-refractivity contribution in [1.82, 2.24) is 9.80 Å². The Morgan fingerprint density at radius 3 is 2.71 bits per heavy atom. The number of amides is 2. The van der Waals surface area contributed by atoms with Gasteiger partial charge in [0.1, 0.15) is 13.2 Å². The standard InChI is InChI=1S/C15H18N2O3S/c1-2-5-16-9-15(20)17(10-14(16)19)8-13-7-12(11-21-13)4-3-6-18/h7,11,18H,2,5-6,8-10H2,1H3. The Morgan fingerprint density at radius 1 is 1.29 bits per heavy atom. The van der Waals surface area contributed by atoms with Gasteiger partial charge in [-0.05, 0) is 12.5 Å². The van der Waals surface area contributed by atoms with Crippen LogP contribution in [0.5, 0.6) is 0 Å². The molecule has 112 valence electrons. The van der Waals surface area contributed by atoms with E-state index in [2.05, 4.69) is 11.8 Å². The summed E-state index contributed by atoms with van der Waals surface area (Å²) in [7, 11) is 0. The van der Waals surface area contributed by atoms with Crippen molar-refractivity contribution in [2.45, 2.75) is 19.9 Å². The van der Waals surface area contributed by atoms with E-state index in [1.54, 1.807) is 9.80 Å². The van der Waals surface area contributed by atoms with Crippen molar-refractivity contribution >= 4 is 23.2 Å². The molecule has 2 amide bonds. The molecular weight excluding hydrogens is 288 g/mol. The molecule has 1 fully saturated rings. The minimum absolute atomic E-state index is 0.00769. The Kier molecular flexibility index (Phi) is 5.37. The minimum Gasteiger partial charge on any atom is -0.384 e. The van der Waals surface area contributed by atoms with Gasteiger partial charge in [0.15, 0.2) is 0 Å². The summed E-state index contributed by atoms with van der Waals surface area (Å²) in [6, 6.07) is 1.89. The topological polar surface area (TPSA) is 60.9 Å². The second kappa shape index (κ2) is 7.25. The van der Waals surface area contributed by atoms with Gasteiger partial charge in [0.05, 0.1) is 13.1 Å². The van der Waals surface area contributed by atoms with Crippen molar-refractivity contribution in [3.8, 4) is 11.8 Å². The number of piperazine rings is 1. The first-order chi connectivity index (χ1) is 10.1. The predicted octanol–water partition coefficient (Wildman–Crippen LogP) is 0.673. The Labute approximate surface area is 128 Å². The van der Waals surface area contributed by atoms with Crippen LogP contribution in [-0.4, -0.2) is 53.0 Å². The maximum absolute atomic E-state index is 12.1. The Hall–Kier alpha value is -1.84. The van der Waals surface area contributed by atoms with Crippen LogP contribution >= 0.6 is 11.3 Å². The van der Waals surface area contributed by atoms with Crippen molar-refractivity contribution in [3.05, 3.63) is 21.9 Å². The number of aliphatic hydroxyl groups excluding tert-OH is 1. The van der Waals surface area contributed by atoms with E-state index in [1.807, 2.05) is 18.4 Å². The molecule has 0 atom stereocenters. The number of hydrogen-bond acceptors (Lipinski definition) is 4. The van der Waals surface area contributed by atoms with E-state index < -0.39 is 0 Å². The normalized spacial score (nSPS) is 15.1. The molecule has 1 saturated heterocycles. The zero-order chi connectivity index (χ0) is 15.2. The molecule has 5 nitrogen and oxygen atoms in total. The third kappa shape index (κ3) is 4.06. The van der Waals surface area contributed by atoms with Gasteiger partial charge in [0.2, 0.25) is 11.8 Å². The van der Waals surface area contributed by atoms with Gasteiger partial charge in [-0.15, -0.1) is 11.3 Å². The van der Waals surface area contributed by atoms with Crippen LogP contribution in [0.2, 0.25) is 0 Å². The van der Waals surface area contributed by atoms with Gasteiger partial charge in [-0.3, -0.25) is 9.59 Å². The van der Waals surface area contributed by atoms with Gasteiger partial charge >= 0.3 is 0 Å². The van der Waals surface area contributed by atoms with E-state index in [4.69, 9.17) is 5.11 Å². The summed E-state index contributed by atoms with van der Waals surface area (Å²) >= 11 is 1.51. The molecule has 6 heteroatoms. The molecular formula is C15H18N2O3S. The molecule has 0 unspecified atom stereocenters. The molecule has 2 heterocycles. The number of nitrogens with zero attached hydrogens (tertiary/aromatic N) is 2. The van der Waals surface area contributed by atoms with Gasteiger partial charge in [-0.1, -0.05) is 18.8 Å². The summed E-state index contributed by atoms with van der Waals surface area (Å²) in [4.78, 5) is 28.2. The summed E-state index contributed by atoms with van der Waals surface area (Å²) in [6.45, 7) is 3.22. The molecule has 1 N–H and O–H groups in total. The van der Waals surface area contributed by atoms with Gasteiger partial charge < -0.3 is 14.9 Å². The fraction of sp³-hybridized carbons (Fsp3) is 0.467. The van der Waals surface area contributed by atoms with E-state index in [1.165, 1.54) is 11.3 Å². The van der Waals surface area contributed by atoms with Crippen molar-refractivity contribution in [3.63, 3.8) is 0 Å². The van der Waals surface area contributed by atoms with Crippen LogP contribution in [-0.2, 0) is 16.1 Å². The monoisotopic (exact) mass is 306 g/mol. The van der Waals surface area contributed by atoms with Crippen LogP contribution in [0.4, 0.5) is 0 Å². The summed E-state index contributed by atoms with van der Waals surface area (Å²) < 4.78 is 0. The number of rotatable bonds is 4. The first-order valence-corrected chi connectivity index (χ1v) is 7.74. The summed E-state index contributed by atoms with van der Waals surface area (Å²) in [5, 5.41) is 10.5. The highest BCUT2D eigenvalue weighted by atomic mass is 32.1. The van der Waals surface area contributed by atoms with Gasteiger partial charge in [0.25, 0.3) is 0 Å². The zero-order valence-corrected chi connectivity index (χ0v) is 12.8. The highest BCUT2D eigenvalue weighted by Crippen LogP contribution is 2.18. The lowest BCUT2D eigenvalue weighted by Crippen LogP contribution is -2.53. The number of carbonyl (C=O) groups is 2. The SMILES string of the molecule is CCCN1CC(=O)N(Cc2cc(C#CCO)cs2)CC1=O. The van der Waals surface area contributed by atoms with Crippen LogP contribution in [0.1, 0.15) is 23.8 Å². The lowest BCUT2D eigenvalue weighted by molar-refractivity contribution is -0.150. The fourth-order valence-corrected chi connectivity index (χ4v) is 3.01. The number of aliphatic hydroxyl groups is 1.